The summed E-state index contributed by atoms with van der Waals surface area (Å²) in [4.78, 5) is 23.9. The van der Waals surface area contributed by atoms with Crippen LogP contribution in [0.1, 0.15) is 36.2 Å². The van der Waals surface area contributed by atoms with Gasteiger partial charge < -0.3 is 14.4 Å². The van der Waals surface area contributed by atoms with Gasteiger partial charge in [0.1, 0.15) is 12.4 Å². The second kappa shape index (κ2) is 9.92. The van der Waals surface area contributed by atoms with E-state index in [0.717, 1.165) is 12.4 Å². The fourth-order valence-corrected chi connectivity index (χ4v) is 2.94. The van der Waals surface area contributed by atoms with Crippen molar-refractivity contribution < 1.29 is 23.0 Å². The first-order valence-electron chi connectivity index (χ1n) is 9.53. The summed E-state index contributed by atoms with van der Waals surface area (Å²) in [7, 11) is 1.52. The number of halogens is 2. The molecule has 0 aliphatic carbocycles. The molecule has 0 spiro atoms. The zero-order valence-electron chi connectivity index (χ0n) is 17.3. The summed E-state index contributed by atoms with van der Waals surface area (Å²) in [6.07, 6.45) is 2.42. The predicted molar refractivity (Wildman–Crippen MR) is 107 cm³/mol. The quantitative estimate of drug-likeness (QED) is 0.513. The van der Waals surface area contributed by atoms with Crippen molar-refractivity contribution in [2.24, 2.45) is 0 Å². The van der Waals surface area contributed by atoms with Crippen LogP contribution in [0.5, 0.6) is 11.8 Å². The number of likely N-dealkylation sites (N-methyl/N-ethyl adjacent to an activating group) is 1. The molecule has 1 amide bonds. The van der Waals surface area contributed by atoms with Crippen molar-refractivity contribution in [1.82, 2.24) is 29.9 Å². The van der Waals surface area contributed by atoms with E-state index in [2.05, 4.69) is 20.2 Å². The third kappa shape index (κ3) is 5.11. The van der Waals surface area contributed by atoms with E-state index in [-0.39, 0.29) is 30.1 Å². The van der Waals surface area contributed by atoms with E-state index >= 15 is 0 Å². The molecule has 31 heavy (non-hydrogen) atoms. The largest absolute Gasteiger partial charge is 0.497 e. The monoisotopic (exact) mass is 432 g/mol. The third-order valence-corrected chi connectivity index (χ3v) is 4.56. The highest BCUT2D eigenvalue weighted by molar-refractivity contribution is 5.98. The lowest BCUT2D eigenvalue weighted by Crippen LogP contribution is -2.42. The SMILES string of the molecule is CCN(C(=O)c1cc(OC)ccc1-n1nccn1)[C@@H](C)COc1ncc(C(F)F)cn1. The second-order valence-corrected chi connectivity index (χ2v) is 6.55. The molecular weight excluding hydrogens is 410 g/mol. The van der Waals surface area contributed by atoms with Crippen molar-refractivity contribution in [2.45, 2.75) is 26.3 Å². The van der Waals surface area contributed by atoms with Crippen LogP contribution in [0.25, 0.3) is 5.69 Å². The fraction of sp³-hybridized carbons (Fsp3) is 0.350. The van der Waals surface area contributed by atoms with Crippen LogP contribution >= 0.6 is 0 Å². The van der Waals surface area contributed by atoms with Gasteiger partial charge in [0.25, 0.3) is 12.3 Å². The molecular formula is C20H22F2N6O3. The molecule has 2 heterocycles. The topological polar surface area (TPSA) is 95.3 Å². The van der Waals surface area contributed by atoms with Gasteiger partial charge >= 0.3 is 6.01 Å². The number of hydrogen-bond acceptors (Lipinski definition) is 7. The molecule has 11 heteroatoms. The maximum absolute atomic E-state index is 13.4. The number of carbonyl (C=O) groups is 1. The molecule has 164 valence electrons. The lowest BCUT2D eigenvalue weighted by Gasteiger charge is -2.28. The predicted octanol–water partition coefficient (Wildman–Crippen LogP) is 2.93. The Balaban J connectivity index is 1.77. The van der Waals surface area contributed by atoms with Crippen LogP contribution in [-0.4, -0.2) is 62.1 Å². The third-order valence-electron chi connectivity index (χ3n) is 4.56. The molecule has 0 saturated heterocycles. The minimum Gasteiger partial charge on any atom is -0.497 e. The Kier molecular flexibility index (Phi) is 7.06. The van der Waals surface area contributed by atoms with E-state index in [1.807, 2.05) is 6.92 Å². The standard InChI is InChI=1S/C20H22F2N6O3/c1-4-27(13(2)12-31-20-23-10-14(11-24-20)18(21)22)19(29)16-9-15(30-3)5-6-17(16)28-25-7-8-26-28/h5-11,13,18H,4,12H2,1-3H3/t13-/m0/s1. The summed E-state index contributed by atoms with van der Waals surface area (Å²) in [6, 6.07) is 4.66. The number of nitrogens with zero attached hydrogens (tertiary/aromatic N) is 6. The highest BCUT2D eigenvalue weighted by Crippen LogP contribution is 2.23. The number of carbonyl (C=O) groups excluding carboxylic acids is 1. The van der Waals surface area contributed by atoms with E-state index in [1.165, 1.54) is 24.3 Å². The zero-order chi connectivity index (χ0) is 22.4. The first kappa shape index (κ1) is 22.1. The molecule has 3 aromatic rings. The Hall–Kier alpha value is -3.63. The summed E-state index contributed by atoms with van der Waals surface area (Å²) in [5.74, 6) is 0.255. The molecule has 0 unspecified atom stereocenters. The zero-order valence-corrected chi connectivity index (χ0v) is 17.3. The molecule has 0 aliphatic heterocycles. The van der Waals surface area contributed by atoms with Crippen molar-refractivity contribution in [1.29, 1.82) is 0 Å². The highest BCUT2D eigenvalue weighted by atomic mass is 19.3. The first-order valence-corrected chi connectivity index (χ1v) is 9.53. The summed E-state index contributed by atoms with van der Waals surface area (Å²) < 4.78 is 36.0. The van der Waals surface area contributed by atoms with E-state index in [1.54, 1.807) is 30.0 Å². The number of benzene rings is 1. The molecule has 0 fully saturated rings. The van der Waals surface area contributed by atoms with Gasteiger partial charge in [-0.05, 0) is 32.0 Å². The lowest BCUT2D eigenvalue weighted by atomic mass is 10.1. The van der Waals surface area contributed by atoms with Crippen molar-refractivity contribution in [3.63, 3.8) is 0 Å². The maximum Gasteiger partial charge on any atom is 0.316 e. The van der Waals surface area contributed by atoms with E-state index in [0.29, 0.717) is 23.5 Å². The lowest BCUT2D eigenvalue weighted by molar-refractivity contribution is 0.0642. The van der Waals surface area contributed by atoms with Crippen molar-refractivity contribution >= 4 is 5.91 Å². The first-order chi connectivity index (χ1) is 14.9. The number of aromatic nitrogens is 5. The van der Waals surface area contributed by atoms with Gasteiger partial charge in [-0.3, -0.25) is 4.79 Å². The molecule has 2 aromatic heterocycles. The average molecular weight is 432 g/mol. The van der Waals surface area contributed by atoms with Gasteiger partial charge in [0.05, 0.1) is 42.4 Å². The van der Waals surface area contributed by atoms with Crippen LogP contribution in [0, 0.1) is 0 Å². The van der Waals surface area contributed by atoms with E-state index in [4.69, 9.17) is 9.47 Å². The molecule has 0 saturated carbocycles. The number of hydrogen-bond donors (Lipinski definition) is 0. The van der Waals surface area contributed by atoms with Crippen molar-refractivity contribution in [3.8, 4) is 17.4 Å². The van der Waals surface area contributed by atoms with Crippen LogP contribution in [0.4, 0.5) is 8.78 Å². The van der Waals surface area contributed by atoms with Gasteiger partial charge in [-0.25, -0.2) is 18.7 Å². The van der Waals surface area contributed by atoms with Crippen LogP contribution in [0.3, 0.4) is 0 Å². The molecule has 0 N–H and O–H groups in total. The van der Waals surface area contributed by atoms with Crippen LogP contribution in [-0.2, 0) is 0 Å². The Bertz CT molecular complexity index is 999. The molecule has 3 rings (SSSR count). The molecule has 9 nitrogen and oxygen atoms in total. The van der Waals surface area contributed by atoms with Gasteiger partial charge in [0.2, 0.25) is 0 Å². The number of alkyl halides is 2. The Labute approximate surface area is 177 Å². The highest BCUT2D eigenvalue weighted by Gasteiger charge is 2.25. The van der Waals surface area contributed by atoms with Gasteiger partial charge in [-0.1, -0.05) is 0 Å². The molecule has 0 radical (unpaired) electrons. The smallest absolute Gasteiger partial charge is 0.316 e. The van der Waals surface area contributed by atoms with E-state index < -0.39 is 6.43 Å². The Morgan fingerprint density at radius 1 is 1.19 bits per heavy atom. The molecule has 1 aromatic carbocycles. The number of ether oxygens (including phenoxy) is 2. The fourth-order valence-electron chi connectivity index (χ4n) is 2.94. The average Bonchev–Trinajstić information content (AvgIpc) is 3.32. The minimum atomic E-state index is -2.65. The van der Waals surface area contributed by atoms with Crippen molar-refractivity contribution in [2.75, 3.05) is 20.3 Å². The maximum atomic E-state index is 13.4. The Morgan fingerprint density at radius 3 is 2.45 bits per heavy atom. The normalized spacial score (nSPS) is 11.9. The van der Waals surface area contributed by atoms with Gasteiger partial charge in [0.15, 0.2) is 0 Å². The van der Waals surface area contributed by atoms with Gasteiger partial charge in [-0.2, -0.15) is 15.0 Å². The second-order valence-electron chi connectivity index (χ2n) is 6.55. The summed E-state index contributed by atoms with van der Waals surface area (Å²) in [5.41, 5.74) is 0.582. The van der Waals surface area contributed by atoms with Crippen LogP contribution in [0.2, 0.25) is 0 Å². The van der Waals surface area contributed by atoms with Crippen molar-refractivity contribution in [3.05, 3.63) is 54.1 Å². The van der Waals surface area contributed by atoms with Crippen LogP contribution < -0.4 is 9.47 Å². The summed E-state index contributed by atoms with van der Waals surface area (Å²) >= 11 is 0. The number of rotatable bonds is 9. The molecule has 0 aliphatic rings. The number of methoxy groups -OCH3 is 1. The Morgan fingerprint density at radius 2 is 1.87 bits per heavy atom. The summed E-state index contributed by atoms with van der Waals surface area (Å²) in [5, 5.41) is 8.22. The minimum absolute atomic E-state index is 0.0393. The van der Waals surface area contributed by atoms with Gasteiger partial charge in [-0.15, -0.1) is 0 Å². The molecule has 0 bridgehead atoms. The molecule has 1 atom stereocenters. The van der Waals surface area contributed by atoms with Gasteiger partial charge in [0, 0.05) is 18.9 Å². The van der Waals surface area contributed by atoms with Crippen LogP contribution in [0.15, 0.2) is 43.0 Å². The summed E-state index contributed by atoms with van der Waals surface area (Å²) in [6.45, 7) is 4.12. The number of amides is 1. The van der Waals surface area contributed by atoms with E-state index in [9.17, 15) is 13.6 Å².